The summed E-state index contributed by atoms with van der Waals surface area (Å²) in [5.41, 5.74) is -0.266. The molecule has 0 unspecified atom stereocenters. The summed E-state index contributed by atoms with van der Waals surface area (Å²) in [6.07, 6.45) is 8.03. The lowest BCUT2D eigenvalue weighted by atomic mass is 9.68. The van der Waals surface area contributed by atoms with Crippen molar-refractivity contribution in [2.24, 2.45) is 16.7 Å². The average Bonchev–Trinajstić information content (AvgIpc) is 2.80. The van der Waals surface area contributed by atoms with E-state index in [9.17, 15) is 9.90 Å². The predicted molar refractivity (Wildman–Crippen MR) is 72.1 cm³/mol. The molecule has 0 aromatic heterocycles. The number of hydrogen-bond donors (Lipinski definition) is 2. The second-order valence-corrected chi connectivity index (χ2v) is 6.94. The van der Waals surface area contributed by atoms with E-state index in [0.717, 1.165) is 31.7 Å². The molecule has 2 aliphatic carbocycles. The fourth-order valence-electron chi connectivity index (χ4n) is 3.41. The van der Waals surface area contributed by atoms with Crippen molar-refractivity contribution in [3.05, 3.63) is 0 Å². The van der Waals surface area contributed by atoms with Gasteiger partial charge in [0, 0.05) is 6.54 Å². The highest BCUT2D eigenvalue weighted by Gasteiger charge is 2.44. The van der Waals surface area contributed by atoms with Gasteiger partial charge in [0.25, 0.3) is 0 Å². The van der Waals surface area contributed by atoms with E-state index in [1.54, 1.807) is 0 Å². The average molecular weight is 253 g/mol. The lowest BCUT2D eigenvalue weighted by Crippen LogP contribution is -2.50. The summed E-state index contributed by atoms with van der Waals surface area (Å²) in [6.45, 7) is 5.27. The standard InChI is InChI=1S/C15H27NO2/c1-14(2,12-6-3-4-7-12)10-16-13(18)15(11-17)8-5-9-15/h12,17H,3-11H2,1-2H3,(H,16,18). The van der Waals surface area contributed by atoms with Crippen LogP contribution in [0.2, 0.25) is 0 Å². The summed E-state index contributed by atoms with van der Waals surface area (Å²) in [7, 11) is 0. The summed E-state index contributed by atoms with van der Waals surface area (Å²) >= 11 is 0. The fourth-order valence-corrected chi connectivity index (χ4v) is 3.41. The van der Waals surface area contributed by atoms with E-state index in [-0.39, 0.29) is 17.9 Å². The van der Waals surface area contributed by atoms with Gasteiger partial charge in [0.2, 0.25) is 5.91 Å². The van der Waals surface area contributed by atoms with Crippen molar-refractivity contribution in [2.75, 3.05) is 13.2 Å². The molecule has 0 aromatic carbocycles. The molecular formula is C15H27NO2. The Morgan fingerprint density at radius 3 is 2.33 bits per heavy atom. The first-order valence-electron chi connectivity index (χ1n) is 7.39. The molecule has 2 aliphatic rings. The predicted octanol–water partition coefficient (Wildman–Crippen LogP) is 2.48. The van der Waals surface area contributed by atoms with Crippen molar-refractivity contribution in [1.82, 2.24) is 5.32 Å². The number of aliphatic hydroxyl groups is 1. The number of rotatable bonds is 5. The van der Waals surface area contributed by atoms with Gasteiger partial charge in [0.1, 0.15) is 0 Å². The highest BCUT2D eigenvalue weighted by Crippen LogP contribution is 2.42. The summed E-state index contributed by atoms with van der Waals surface area (Å²) in [5, 5.41) is 12.5. The van der Waals surface area contributed by atoms with Crippen molar-refractivity contribution >= 4 is 5.91 Å². The van der Waals surface area contributed by atoms with Crippen LogP contribution in [0.4, 0.5) is 0 Å². The van der Waals surface area contributed by atoms with E-state index < -0.39 is 5.41 Å². The van der Waals surface area contributed by atoms with Crippen LogP contribution in [0.25, 0.3) is 0 Å². The number of nitrogens with one attached hydrogen (secondary N) is 1. The van der Waals surface area contributed by atoms with Crippen molar-refractivity contribution < 1.29 is 9.90 Å². The van der Waals surface area contributed by atoms with Crippen LogP contribution >= 0.6 is 0 Å². The van der Waals surface area contributed by atoms with E-state index in [1.807, 2.05) is 0 Å². The van der Waals surface area contributed by atoms with Gasteiger partial charge in [-0.3, -0.25) is 4.79 Å². The molecule has 0 aromatic rings. The number of aliphatic hydroxyl groups excluding tert-OH is 1. The Morgan fingerprint density at radius 2 is 1.89 bits per heavy atom. The van der Waals surface area contributed by atoms with Gasteiger partial charge in [-0.25, -0.2) is 0 Å². The number of carbonyl (C=O) groups is 1. The van der Waals surface area contributed by atoms with Crippen molar-refractivity contribution in [1.29, 1.82) is 0 Å². The minimum atomic E-state index is -0.453. The molecular weight excluding hydrogens is 226 g/mol. The summed E-state index contributed by atoms with van der Waals surface area (Å²) < 4.78 is 0. The molecule has 1 amide bonds. The van der Waals surface area contributed by atoms with Gasteiger partial charge in [-0.15, -0.1) is 0 Å². The lowest BCUT2D eigenvalue weighted by molar-refractivity contribution is -0.140. The smallest absolute Gasteiger partial charge is 0.228 e. The molecule has 0 heterocycles. The largest absolute Gasteiger partial charge is 0.395 e. The van der Waals surface area contributed by atoms with E-state index in [2.05, 4.69) is 19.2 Å². The topological polar surface area (TPSA) is 49.3 Å². The van der Waals surface area contributed by atoms with E-state index in [4.69, 9.17) is 0 Å². The maximum absolute atomic E-state index is 12.2. The molecule has 2 N–H and O–H groups in total. The molecule has 3 nitrogen and oxygen atoms in total. The van der Waals surface area contributed by atoms with Crippen molar-refractivity contribution in [3.8, 4) is 0 Å². The Kier molecular flexibility index (Phi) is 4.00. The first-order chi connectivity index (χ1) is 8.50. The highest BCUT2D eigenvalue weighted by atomic mass is 16.3. The molecule has 0 radical (unpaired) electrons. The molecule has 0 spiro atoms. The molecule has 0 bridgehead atoms. The minimum Gasteiger partial charge on any atom is -0.395 e. The zero-order valence-corrected chi connectivity index (χ0v) is 11.8. The lowest BCUT2D eigenvalue weighted by Gasteiger charge is -2.40. The maximum atomic E-state index is 12.2. The Bertz CT molecular complexity index is 296. The first kappa shape index (κ1) is 13.9. The van der Waals surface area contributed by atoms with Crippen LogP contribution in [0, 0.1) is 16.7 Å². The molecule has 0 aliphatic heterocycles. The molecule has 2 rings (SSSR count). The first-order valence-corrected chi connectivity index (χ1v) is 7.39. The van der Waals surface area contributed by atoms with Gasteiger partial charge < -0.3 is 10.4 Å². The third kappa shape index (κ3) is 2.56. The Labute approximate surface area is 110 Å². The Balaban J connectivity index is 1.84. The van der Waals surface area contributed by atoms with E-state index >= 15 is 0 Å². The van der Waals surface area contributed by atoms with E-state index in [0.29, 0.717) is 0 Å². The molecule has 3 heteroatoms. The normalized spacial score (nSPS) is 23.7. The maximum Gasteiger partial charge on any atom is 0.228 e. The second-order valence-electron chi connectivity index (χ2n) is 6.94. The molecule has 0 saturated heterocycles. The van der Waals surface area contributed by atoms with E-state index in [1.165, 1.54) is 25.7 Å². The zero-order valence-electron chi connectivity index (χ0n) is 11.8. The van der Waals surface area contributed by atoms with Crippen LogP contribution in [0.5, 0.6) is 0 Å². The monoisotopic (exact) mass is 253 g/mol. The van der Waals surface area contributed by atoms with Crippen molar-refractivity contribution in [3.63, 3.8) is 0 Å². The molecule has 104 valence electrons. The summed E-state index contributed by atoms with van der Waals surface area (Å²) in [6, 6.07) is 0. The van der Waals surface area contributed by atoms with Gasteiger partial charge in [-0.1, -0.05) is 33.1 Å². The fraction of sp³-hybridized carbons (Fsp3) is 0.933. The number of hydrogen-bond acceptors (Lipinski definition) is 2. The SMILES string of the molecule is CC(C)(CNC(=O)C1(CO)CCC1)C1CCCC1. The Hall–Kier alpha value is -0.570. The van der Waals surface area contributed by atoms with Crippen LogP contribution in [0.3, 0.4) is 0 Å². The third-order valence-corrected chi connectivity index (χ3v) is 5.26. The van der Waals surface area contributed by atoms with Crippen LogP contribution < -0.4 is 5.32 Å². The number of carbonyl (C=O) groups excluding carboxylic acids is 1. The van der Waals surface area contributed by atoms with Crippen LogP contribution in [-0.4, -0.2) is 24.2 Å². The second kappa shape index (κ2) is 5.20. The van der Waals surface area contributed by atoms with Gasteiger partial charge in [0.05, 0.1) is 12.0 Å². The zero-order chi connectivity index (χ0) is 13.2. The van der Waals surface area contributed by atoms with Crippen LogP contribution in [0.15, 0.2) is 0 Å². The van der Waals surface area contributed by atoms with Gasteiger partial charge >= 0.3 is 0 Å². The van der Waals surface area contributed by atoms with Crippen molar-refractivity contribution in [2.45, 2.75) is 58.8 Å². The quantitative estimate of drug-likeness (QED) is 0.791. The minimum absolute atomic E-state index is 0.00267. The number of amides is 1. The molecule has 18 heavy (non-hydrogen) atoms. The molecule has 2 saturated carbocycles. The highest BCUT2D eigenvalue weighted by molar-refractivity contribution is 5.83. The Morgan fingerprint density at radius 1 is 1.28 bits per heavy atom. The van der Waals surface area contributed by atoms with Gasteiger partial charge in [0.15, 0.2) is 0 Å². The van der Waals surface area contributed by atoms with Gasteiger partial charge in [-0.05, 0) is 37.0 Å². The van der Waals surface area contributed by atoms with Gasteiger partial charge in [-0.2, -0.15) is 0 Å². The molecule has 0 atom stereocenters. The van der Waals surface area contributed by atoms with Crippen LogP contribution in [-0.2, 0) is 4.79 Å². The summed E-state index contributed by atoms with van der Waals surface area (Å²) in [4.78, 5) is 12.2. The molecule has 2 fully saturated rings. The van der Waals surface area contributed by atoms with Crippen LogP contribution in [0.1, 0.15) is 58.8 Å². The summed E-state index contributed by atoms with van der Waals surface area (Å²) in [5.74, 6) is 0.812. The third-order valence-electron chi connectivity index (χ3n) is 5.26.